The second-order valence-electron chi connectivity index (χ2n) is 10.6. The van der Waals surface area contributed by atoms with Crippen LogP contribution in [0, 0.1) is 22.0 Å². The molecule has 3 N–H and O–H groups in total. The number of nitro groups is 1. The maximum atomic E-state index is 13.8. The zero-order valence-electron chi connectivity index (χ0n) is 23.0. The topological polar surface area (TPSA) is 131 Å². The minimum absolute atomic E-state index is 0.0411. The Morgan fingerprint density at radius 1 is 1.10 bits per heavy atom. The highest BCUT2D eigenvalue weighted by atomic mass is 16.6. The van der Waals surface area contributed by atoms with Crippen molar-refractivity contribution in [3.8, 4) is 0 Å². The second kappa shape index (κ2) is 14.2. The average Bonchev–Trinajstić information content (AvgIpc) is 3.25. The van der Waals surface area contributed by atoms with Crippen LogP contribution >= 0.6 is 0 Å². The smallest absolute Gasteiger partial charge is 0.303 e. The molecule has 1 heterocycles. The Kier molecular flexibility index (Phi) is 11.0. The van der Waals surface area contributed by atoms with E-state index in [0.29, 0.717) is 25.8 Å². The minimum atomic E-state index is -1.27. The predicted octanol–water partition coefficient (Wildman–Crippen LogP) is 4.74. The van der Waals surface area contributed by atoms with Crippen LogP contribution in [-0.4, -0.2) is 46.1 Å². The molecule has 1 aliphatic heterocycles. The van der Waals surface area contributed by atoms with Gasteiger partial charge in [0.05, 0.1) is 18.6 Å². The molecule has 3 rings (SSSR count). The minimum Gasteiger partial charge on any atom is -0.481 e. The van der Waals surface area contributed by atoms with Crippen LogP contribution in [0.5, 0.6) is 0 Å². The third-order valence-corrected chi connectivity index (χ3v) is 7.90. The van der Waals surface area contributed by atoms with E-state index in [1.807, 2.05) is 74.5 Å². The normalized spacial score (nSPS) is 24.1. The lowest BCUT2D eigenvalue weighted by Gasteiger charge is -2.37. The number of benzene rings is 2. The Morgan fingerprint density at radius 3 is 2.33 bits per heavy atom. The van der Waals surface area contributed by atoms with Crippen molar-refractivity contribution >= 4 is 11.9 Å². The SMILES string of the molecule is CC[C@H](C)C(OCc1ccccc1)[C@H]1[C@H]([N+](=O)[O-])[C@H](c2ccccc2)N[C@@]1(C)C(=O)NCCCCCC(=O)O. The molecular weight excluding hydrogens is 498 g/mol. The number of aliphatic carboxylic acids is 1. The Morgan fingerprint density at radius 2 is 1.74 bits per heavy atom. The van der Waals surface area contributed by atoms with E-state index in [1.54, 1.807) is 6.92 Å². The van der Waals surface area contributed by atoms with E-state index in [9.17, 15) is 19.7 Å². The molecule has 1 saturated heterocycles. The van der Waals surface area contributed by atoms with E-state index >= 15 is 0 Å². The van der Waals surface area contributed by atoms with Crippen LogP contribution in [0.25, 0.3) is 0 Å². The fourth-order valence-corrected chi connectivity index (χ4v) is 5.57. The Bertz CT molecular complexity index is 1080. The molecule has 0 bridgehead atoms. The summed E-state index contributed by atoms with van der Waals surface area (Å²) in [7, 11) is 0. The third kappa shape index (κ3) is 7.64. The lowest BCUT2D eigenvalue weighted by atomic mass is 9.74. The lowest BCUT2D eigenvalue weighted by Crippen LogP contribution is -2.60. The van der Waals surface area contributed by atoms with Crippen molar-refractivity contribution in [1.29, 1.82) is 0 Å². The van der Waals surface area contributed by atoms with Crippen molar-refractivity contribution in [2.75, 3.05) is 6.54 Å². The van der Waals surface area contributed by atoms with Gasteiger partial charge < -0.3 is 15.2 Å². The first kappa shape index (κ1) is 30.2. The first-order valence-electron chi connectivity index (χ1n) is 13.8. The maximum absolute atomic E-state index is 13.8. The van der Waals surface area contributed by atoms with Gasteiger partial charge in [0, 0.05) is 17.9 Å². The molecule has 0 spiro atoms. The van der Waals surface area contributed by atoms with Gasteiger partial charge in [-0.05, 0) is 36.8 Å². The summed E-state index contributed by atoms with van der Waals surface area (Å²) in [5.41, 5.74) is 0.436. The van der Waals surface area contributed by atoms with Gasteiger partial charge in [0.2, 0.25) is 11.9 Å². The first-order chi connectivity index (χ1) is 18.7. The number of ether oxygens (including phenoxy) is 1. The first-order valence-corrected chi connectivity index (χ1v) is 13.8. The van der Waals surface area contributed by atoms with E-state index in [2.05, 4.69) is 10.6 Å². The fourth-order valence-electron chi connectivity index (χ4n) is 5.57. The van der Waals surface area contributed by atoms with E-state index in [4.69, 9.17) is 9.84 Å². The number of hydrogen-bond acceptors (Lipinski definition) is 6. The number of hydrogen-bond donors (Lipinski definition) is 3. The zero-order valence-corrected chi connectivity index (χ0v) is 23.0. The molecule has 6 atom stereocenters. The molecule has 9 nitrogen and oxygen atoms in total. The Hall–Kier alpha value is -3.30. The van der Waals surface area contributed by atoms with Gasteiger partial charge in [0.1, 0.15) is 11.6 Å². The molecule has 0 aliphatic carbocycles. The summed E-state index contributed by atoms with van der Waals surface area (Å²) in [5, 5.41) is 27.9. The molecule has 39 heavy (non-hydrogen) atoms. The van der Waals surface area contributed by atoms with Gasteiger partial charge >= 0.3 is 5.97 Å². The molecule has 2 aromatic rings. The molecule has 0 saturated carbocycles. The monoisotopic (exact) mass is 539 g/mol. The fraction of sp³-hybridized carbons (Fsp3) is 0.533. The van der Waals surface area contributed by atoms with Crippen molar-refractivity contribution in [3.05, 3.63) is 81.9 Å². The summed E-state index contributed by atoms with van der Waals surface area (Å²) < 4.78 is 6.47. The maximum Gasteiger partial charge on any atom is 0.303 e. The number of unbranched alkanes of at least 4 members (excludes halogenated alkanes) is 2. The van der Waals surface area contributed by atoms with Crippen LogP contribution in [-0.2, 0) is 20.9 Å². The molecule has 2 aromatic carbocycles. The zero-order chi connectivity index (χ0) is 28.4. The Balaban J connectivity index is 1.92. The molecule has 1 unspecified atom stereocenters. The molecule has 212 valence electrons. The molecule has 1 fully saturated rings. The van der Waals surface area contributed by atoms with Gasteiger partial charge in [0.15, 0.2) is 0 Å². The summed E-state index contributed by atoms with van der Waals surface area (Å²) >= 11 is 0. The number of carboxylic acids is 1. The van der Waals surface area contributed by atoms with Gasteiger partial charge in [-0.15, -0.1) is 0 Å². The summed E-state index contributed by atoms with van der Waals surface area (Å²) in [4.78, 5) is 37.0. The highest BCUT2D eigenvalue weighted by Gasteiger charge is 2.64. The number of carbonyl (C=O) groups excluding carboxylic acids is 1. The number of rotatable bonds is 15. The highest BCUT2D eigenvalue weighted by Crippen LogP contribution is 2.45. The lowest BCUT2D eigenvalue weighted by molar-refractivity contribution is -0.536. The van der Waals surface area contributed by atoms with Crippen LogP contribution in [0.4, 0.5) is 0 Å². The van der Waals surface area contributed by atoms with Gasteiger partial charge in [-0.1, -0.05) is 87.4 Å². The average molecular weight is 540 g/mol. The largest absolute Gasteiger partial charge is 0.481 e. The Labute approximate surface area is 230 Å². The molecule has 1 amide bonds. The number of nitrogens with zero attached hydrogens (tertiary/aromatic N) is 1. The predicted molar refractivity (Wildman–Crippen MR) is 149 cm³/mol. The third-order valence-electron chi connectivity index (χ3n) is 7.90. The summed E-state index contributed by atoms with van der Waals surface area (Å²) in [6.07, 6.45) is 2.09. The van der Waals surface area contributed by atoms with E-state index < -0.39 is 35.6 Å². The van der Waals surface area contributed by atoms with Gasteiger partial charge in [-0.2, -0.15) is 0 Å². The molecule has 0 radical (unpaired) electrons. The van der Waals surface area contributed by atoms with Crippen molar-refractivity contribution in [2.45, 2.75) is 83.2 Å². The molecule has 0 aromatic heterocycles. The standard InChI is InChI=1S/C30H41N3O6/c1-4-21(2)28(39-20-22-14-8-5-9-15-22)25-27(33(37)38)26(23-16-10-6-11-17-23)32-30(25,3)29(36)31-19-13-7-12-18-24(34)35/h5-6,8-11,14-17,21,25-28,32H,4,7,12-13,18-20H2,1-3H3,(H,31,36)(H,34,35)/t21-,25+,26-,27-,28?,30+/m0/s1. The van der Waals surface area contributed by atoms with Gasteiger partial charge in [0.25, 0.3) is 0 Å². The number of nitrogens with one attached hydrogen (secondary N) is 2. The van der Waals surface area contributed by atoms with E-state index in [1.165, 1.54) is 0 Å². The number of amides is 1. The number of carbonyl (C=O) groups is 2. The van der Waals surface area contributed by atoms with Crippen LogP contribution < -0.4 is 10.6 Å². The summed E-state index contributed by atoms with van der Waals surface area (Å²) in [5.74, 6) is -1.94. The highest BCUT2D eigenvalue weighted by molar-refractivity contribution is 5.87. The molecule has 9 heteroatoms. The summed E-state index contributed by atoms with van der Waals surface area (Å²) in [6.45, 7) is 6.44. The van der Waals surface area contributed by atoms with Gasteiger partial charge in [-0.3, -0.25) is 25.0 Å². The van der Waals surface area contributed by atoms with Crippen molar-refractivity contribution in [1.82, 2.24) is 10.6 Å². The van der Waals surface area contributed by atoms with Crippen LogP contribution in [0.3, 0.4) is 0 Å². The molecular formula is C30H41N3O6. The van der Waals surface area contributed by atoms with Crippen molar-refractivity contribution in [3.63, 3.8) is 0 Å². The van der Waals surface area contributed by atoms with Crippen LogP contribution in [0.2, 0.25) is 0 Å². The van der Waals surface area contributed by atoms with Crippen molar-refractivity contribution < 1.29 is 24.4 Å². The van der Waals surface area contributed by atoms with Gasteiger partial charge in [-0.25, -0.2) is 0 Å². The second-order valence-corrected chi connectivity index (χ2v) is 10.6. The quantitative estimate of drug-likeness (QED) is 0.169. The van der Waals surface area contributed by atoms with Crippen molar-refractivity contribution in [2.24, 2.45) is 11.8 Å². The van der Waals surface area contributed by atoms with Crippen LogP contribution in [0.1, 0.15) is 70.0 Å². The van der Waals surface area contributed by atoms with E-state index in [-0.39, 0.29) is 29.8 Å². The van der Waals surface area contributed by atoms with E-state index in [0.717, 1.165) is 17.5 Å². The number of carboxylic acid groups (broad SMARTS) is 1. The molecule has 1 aliphatic rings. The van der Waals surface area contributed by atoms with Crippen LogP contribution in [0.15, 0.2) is 60.7 Å². The summed E-state index contributed by atoms with van der Waals surface area (Å²) in [6, 6.07) is 17.1.